The van der Waals surface area contributed by atoms with E-state index < -0.39 is 0 Å². The summed E-state index contributed by atoms with van der Waals surface area (Å²) in [4.78, 5) is 13.4. The summed E-state index contributed by atoms with van der Waals surface area (Å²) in [6, 6.07) is 7.70. The van der Waals surface area contributed by atoms with Crippen LogP contribution in [0.3, 0.4) is 0 Å². The minimum atomic E-state index is 0.139. The molecule has 0 fully saturated rings. The van der Waals surface area contributed by atoms with Crippen molar-refractivity contribution in [2.24, 2.45) is 0 Å². The zero-order valence-corrected chi connectivity index (χ0v) is 11.7. The lowest BCUT2D eigenvalue weighted by Gasteiger charge is -2.08. The fourth-order valence-electron chi connectivity index (χ4n) is 1.73. The van der Waals surface area contributed by atoms with Gasteiger partial charge in [0.05, 0.1) is 0 Å². The van der Waals surface area contributed by atoms with Gasteiger partial charge in [0.15, 0.2) is 5.43 Å². The summed E-state index contributed by atoms with van der Waals surface area (Å²) in [6.07, 6.45) is 0.918. The predicted molar refractivity (Wildman–Crippen MR) is 74.8 cm³/mol. The Morgan fingerprint density at radius 3 is 2.81 bits per heavy atom. The zero-order chi connectivity index (χ0) is 11.7. The Morgan fingerprint density at radius 1 is 1.44 bits per heavy atom. The summed E-state index contributed by atoms with van der Waals surface area (Å²) in [5, 5.41) is 0.839. The molecule has 1 aromatic carbocycles. The van der Waals surface area contributed by atoms with E-state index in [0.29, 0.717) is 0 Å². The number of hydrogen-bond donors (Lipinski definition) is 0. The van der Waals surface area contributed by atoms with Gasteiger partial charge in [0.2, 0.25) is 0 Å². The summed E-state index contributed by atoms with van der Waals surface area (Å²) in [5.74, 6) is 0. The zero-order valence-electron chi connectivity index (χ0n) is 9.29. The normalized spacial score (nSPS) is 12.9. The number of aryl methyl sites for hydroxylation is 1. The molecule has 0 aliphatic heterocycles. The molecule has 1 atom stereocenters. The molecule has 0 saturated carbocycles. The molecular weight excluding hydrogens is 284 g/mol. The Balaban J connectivity index is 2.85. The smallest absolute Gasteiger partial charge is 0.188 e. The second-order valence-corrected chi connectivity index (χ2v) is 6.28. The van der Waals surface area contributed by atoms with E-state index in [1.54, 1.807) is 17.4 Å². The molecule has 1 nitrogen and oxygen atoms in total. The average Bonchev–Trinajstić information content (AvgIpc) is 2.28. The van der Waals surface area contributed by atoms with E-state index in [9.17, 15) is 4.79 Å². The molecule has 0 spiro atoms. The van der Waals surface area contributed by atoms with Crippen molar-refractivity contribution in [2.75, 3.05) is 0 Å². The Morgan fingerprint density at radius 2 is 2.19 bits per heavy atom. The molecule has 0 amide bonds. The topological polar surface area (TPSA) is 17.1 Å². The number of hydrogen-bond acceptors (Lipinski definition) is 2. The van der Waals surface area contributed by atoms with Gasteiger partial charge in [-0.15, -0.1) is 11.3 Å². The minimum absolute atomic E-state index is 0.139. The standard InChI is InChI=1S/C13H13BrOS/c1-3-9-7-12(15)11-6-4-5-10(8(2)14)13(11)16-9/h4-8H,3H2,1-2H3. The second-order valence-electron chi connectivity index (χ2n) is 3.77. The van der Waals surface area contributed by atoms with Crippen LogP contribution in [0.5, 0.6) is 0 Å². The molecular formula is C13H13BrOS. The molecule has 3 heteroatoms. The van der Waals surface area contributed by atoms with Crippen molar-refractivity contribution in [1.29, 1.82) is 0 Å². The van der Waals surface area contributed by atoms with Crippen LogP contribution in [-0.2, 0) is 6.42 Å². The molecule has 84 valence electrons. The Kier molecular flexibility index (Phi) is 3.45. The van der Waals surface area contributed by atoms with E-state index in [4.69, 9.17) is 0 Å². The maximum Gasteiger partial charge on any atom is 0.188 e. The summed E-state index contributed by atoms with van der Waals surface area (Å²) in [6.45, 7) is 4.17. The van der Waals surface area contributed by atoms with Crippen LogP contribution < -0.4 is 5.43 Å². The van der Waals surface area contributed by atoms with Crippen LogP contribution in [0.1, 0.15) is 29.1 Å². The third-order valence-electron chi connectivity index (χ3n) is 2.61. The lowest BCUT2D eigenvalue weighted by Crippen LogP contribution is -2.01. The summed E-state index contributed by atoms with van der Waals surface area (Å²) in [5.41, 5.74) is 1.34. The van der Waals surface area contributed by atoms with Gasteiger partial charge in [0.25, 0.3) is 0 Å². The fourth-order valence-corrected chi connectivity index (χ4v) is 3.48. The van der Waals surface area contributed by atoms with Gasteiger partial charge in [-0.05, 0) is 31.0 Å². The minimum Gasteiger partial charge on any atom is -0.289 e. The number of fused-ring (bicyclic) bond motifs is 1. The van der Waals surface area contributed by atoms with E-state index >= 15 is 0 Å². The molecule has 2 rings (SSSR count). The van der Waals surface area contributed by atoms with E-state index in [0.717, 1.165) is 21.4 Å². The van der Waals surface area contributed by atoms with Crippen molar-refractivity contribution in [3.8, 4) is 0 Å². The Labute approximate surface area is 107 Å². The van der Waals surface area contributed by atoms with Crippen LogP contribution in [0.2, 0.25) is 0 Å². The van der Waals surface area contributed by atoms with Gasteiger partial charge >= 0.3 is 0 Å². The van der Waals surface area contributed by atoms with E-state index in [1.807, 2.05) is 12.1 Å². The van der Waals surface area contributed by atoms with Crippen molar-refractivity contribution < 1.29 is 0 Å². The summed E-state index contributed by atoms with van der Waals surface area (Å²) >= 11 is 5.31. The monoisotopic (exact) mass is 296 g/mol. The lowest BCUT2D eigenvalue weighted by atomic mass is 10.1. The number of benzene rings is 1. The van der Waals surface area contributed by atoms with Gasteiger partial charge in [-0.1, -0.05) is 35.0 Å². The highest BCUT2D eigenvalue weighted by atomic mass is 79.9. The molecule has 0 aliphatic carbocycles. The first kappa shape index (κ1) is 11.8. The SMILES string of the molecule is CCc1cc(=O)c2cccc(C(C)Br)c2s1. The van der Waals surface area contributed by atoms with E-state index in [-0.39, 0.29) is 10.3 Å². The fraction of sp³-hybridized carbons (Fsp3) is 0.308. The van der Waals surface area contributed by atoms with E-state index in [1.165, 1.54) is 5.56 Å². The first-order valence-electron chi connectivity index (χ1n) is 5.33. The van der Waals surface area contributed by atoms with Crippen LogP contribution in [0.15, 0.2) is 29.1 Å². The maximum atomic E-state index is 11.9. The lowest BCUT2D eigenvalue weighted by molar-refractivity contribution is 1.14. The van der Waals surface area contributed by atoms with Crippen LogP contribution in [-0.4, -0.2) is 0 Å². The van der Waals surface area contributed by atoms with Gasteiger partial charge < -0.3 is 0 Å². The van der Waals surface area contributed by atoms with Crippen LogP contribution in [0.25, 0.3) is 10.1 Å². The highest BCUT2D eigenvalue weighted by Gasteiger charge is 2.09. The molecule has 1 unspecified atom stereocenters. The summed E-state index contributed by atoms with van der Waals surface area (Å²) < 4.78 is 1.12. The van der Waals surface area contributed by atoms with Gasteiger partial charge in [0.1, 0.15) is 0 Å². The molecule has 0 saturated heterocycles. The molecule has 16 heavy (non-hydrogen) atoms. The first-order valence-corrected chi connectivity index (χ1v) is 7.06. The highest BCUT2D eigenvalue weighted by Crippen LogP contribution is 2.31. The third-order valence-corrected chi connectivity index (χ3v) is 4.43. The van der Waals surface area contributed by atoms with Gasteiger partial charge in [-0.2, -0.15) is 0 Å². The molecule has 0 N–H and O–H groups in total. The third kappa shape index (κ3) is 2.06. The predicted octanol–water partition coefficient (Wildman–Crippen LogP) is 4.28. The number of alkyl halides is 1. The van der Waals surface area contributed by atoms with Crippen LogP contribution >= 0.6 is 27.3 Å². The van der Waals surface area contributed by atoms with Gasteiger partial charge in [-0.3, -0.25) is 4.79 Å². The Hall–Kier alpha value is -0.670. The van der Waals surface area contributed by atoms with Crippen molar-refractivity contribution in [3.63, 3.8) is 0 Å². The van der Waals surface area contributed by atoms with Crippen molar-refractivity contribution >= 4 is 37.4 Å². The summed E-state index contributed by atoms with van der Waals surface area (Å²) in [7, 11) is 0. The van der Waals surface area contributed by atoms with Gasteiger partial charge in [0, 0.05) is 19.8 Å². The molecule has 2 aromatic rings. The van der Waals surface area contributed by atoms with Crippen LogP contribution in [0.4, 0.5) is 0 Å². The molecule has 0 bridgehead atoms. The van der Waals surface area contributed by atoms with Crippen molar-refractivity contribution in [3.05, 3.63) is 44.9 Å². The number of rotatable bonds is 2. The second kappa shape index (κ2) is 4.68. The molecule has 0 radical (unpaired) electrons. The average molecular weight is 297 g/mol. The quantitative estimate of drug-likeness (QED) is 0.756. The van der Waals surface area contributed by atoms with Crippen LogP contribution in [0, 0.1) is 0 Å². The largest absolute Gasteiger partial charge is 0.289 e. The Bertz CT molecular complexity index is 572. The first-order chi connectivity index (χ1) is 7.63. The molecule has 0 aliphatic rings. The van der Waals surface area contributed by atoms with Gasteiger partial charge in [-0.25, -0.2) is 0 Å². The molecule has 1 aromatic heterocycles. The number of halogens is 1. The van der Waals surface area contributed by atoms with E-state index in [2.05, 4.69) is 35.8 Å². The highest BCUT2D eigenvalue weighted by molar-refractivity contribution is 9.09. The molecule has 1 heterocycles. The van der Waals surface area contributed by atoms with Crippen molar-refractivity contribution in [2.45, 2.75) is 25.1 Å². The maximum absolute atomic E-state index is 11.9. The van der Waals surface area contributed by atoms with Crippen molar-refractivity contribution in [1.82, 2.24) is 0 Å².